The molecule has 4 N–H and O–H groups in total. The summed E-state index contributed by atoms with van der Waals surface area (Å²) in [5.74, 6) is 2.67. The fraction of sp³-hybridized carbons (Fsp3) is 0.588. The first-order valence-corrected chi connectivity index (χ1v) is 11.6. The van der Waals surface area contributed by atoms with Crippen molar-refractivity contribution in [2.45, 2.75) is 37.1 Å². The molecule has 0 aliphatic carbocycles. The molecule has 7 heteroatoms. The molecule has 2 unspecified atom stereocenters. The Morgan fingerprint density at radius 1 is 1.33 bits per heavy atom. The summed E-state index contributed by atoms with van der Waals surface area (Å²) in [6, 6.07) is 9.90. The fourth-order valence-corrected chi connectivity index (χ4v) is 6.16. The van der Waals surface area contributed by atoms with Crippen molar-refractivity contribution in [3.8, 4) is 0 Å². The lowest BCUT2D eigenvalue weighted by Gasteiger charge is -2.32. The predicted octanol–water partition coefficient (Wildman–Crippen LogP) is 2.58. The van der Waals surface area contributed by atoms with Gasteiger partial charge in [0.25, 0.3) is 0 Å². The molecule has 134 valence electrons. The minimum atomic E-state index is -0.487. The first-order valence-electron chi connectivity index (χ1n) is 8.12. The van der Waals surface area contributed by atoms with Crippen molar-refractivity contribution in [2.75, 3.05) is 23.9 Å². The number of rotatable bonds is 8. The number of amides is 1. The van der Waals surface area contributed by atoms with Crippen LogP contribution in [0.15, 0.2) is 30.3 Å². The summed E-state index contributed by atoms with van der Waals surface area (Å²) in [6.07, 6.45) is 0.866. The van der Waals surface area contributed by atoms with Crippen LogP contribution in [0.5, 0.6) is 0 Å². The van der Waals surface area contributed by atoms with Gasteiger partial charge in [0.15, 0.2) is 0 Å². The fourth-order valence-electron chi connectivity index (χ4n) is 2.38. The quantitative estimate of drug-likeness (QED) is 0.670. The van der Waals surface area contributed by atoms with Crippen molar-refractivity contribution in [2.24, 2.45) is 11.5 Å². The highest BCUT2D eigenvalue weighted by molar-refractivity contribution is 8.77. The van der Waals surface area contributed by atoms with Crippen LogP contribution < -0.4 is 11.5 Å². The van der Waals surface area contributed by atoms with E-state index in [1.807, 2.05) is 36.9 Å². The lowest BCUT2D eigenvalue weighted by atomic mass is 10.0. The third-order valence-electron chi connectivity index (χ3n) is 3.98. The molecule has 1 aliphatic rings. The van der Waals surface area contributed by atoms with Crippen molar-refractivity contribution >= 4 is 39.3 Å². The Morgan fingerprint density at radius 3 is 2.67 bits per heavy atom. The van der Waals surface area contributed by atoms with Gasteiger partial charge in [0, 0.05) is 28.8 Å². The summed E-state index contributed by atoms with van der Waals surface area (Å²) in [7, 11) is 3.38. The third-order valence-corrected chi connectivity index (χ3v) is 8.36. The van der Waals surface area contributed by atoms with Gasteiger partial charge in [-0.25, -0.2) is 0 Å². The molecular weight excluding hydrogens is 358 g/mol. The number of nitrogens with two attached hydrogens (primary N) is 2. The molecule has 1 aliphatic heterocycles. The summed E-state index contributed by atoms with van der Waals surface area (Å²) < 4.78 is -0.318. The zero-order valence-electron chi connectivity index (χ0n) is 14.3. The molecule has 0 radical (unpaired) electrons. The number of thioether (sulfide) groups is 1. The second-order valence-electron chi connectivity index (χ2n) is 6.54. The smallest absolute Gasteiger partial charge is 0.241 e. The summed E-state index contributed by atoms with van der Waals surface area (Å²) >= 11 is 1.78. The van der Waals surface area contributed by atoms with Gasteiger partial charge in [0.1, 0.15) is 0 Å². The summed E-state index contributed by atoms with van der Waals surface area (Å²) in [6.45, 7) is 4.89. The number of nitrogens with zero attached hydrogens (tertiary/aromatic N) is 1. The van der Waals surface area contributed by atoms with E-state index < -0.39 is 6.04 Å². The van der Waals surface area contributed by atoms with Gasteiger partial charge in [0.2, 0.25) is 5.91 Å². The zero-order chi connectivity index (χ0) is 17.6. The second kappa shape index (κ2) is 9.38. The van der Waals surface area contributed by atoms with E-state index in [0.29, 0.717) is 0 Å². The predicted molar refractivity (Wildman–Crippen MR) is 109 cm³/mol. The van der Waals surface area contributed by atoms with Crippen molar-refractivity contribution in [3.63, 3.8) is 0 Å². The van der Waals surface area contributed by atoms with Crippen LogP contribution in [0.3, 0.4) is 0 Å². The zero-order valence-corrected chi connectivity index (χ0v) is 16.8. The average molecular weight is 386 g/mol. The number of carbonyl (C=O) groups is 1. The molecule has 1 aromatic carbocycles. The van der Waals surface area contributed by atoms with Crippen molar-refractivity contribution in [1.29, 1.82) is 0 Å². The van der Waals surface area contributed by atoms with E-state index in [4.69, 9.17) is 11.5 Å². The van der Waals surface area contributed by atoms with Crippen LogP contribution in [0.25, 0.3) is 0 Å². The summed E-state index contributed by atoms with van der Waals surface area (Å²) in [4.78, 5) is 14.3. The molecule has 1 heterocycles. The normalized spacial score (nSPS) is 17.8. The largest absolute Gasteiger partial charge is 0.331 e. The SMILES string of the molecule is CC(C)(SSCC(N)Cc1ccccc1)C(N)C(=O)N1CCSC1. The molecule has 1 aromatic rings. The van der Waals surface area contributed by atoms with Crippen LogP contribution in [-0.2, 0) is 11.2 Å². The molecule has 1 amide bonds. The van der Waals surface area contributed by atoms with Crippen LogP contribution in [0.1, 0.15) is 19.4 Å². The van der Waals surface area contributed by atoms with Gasteiger partial charge in [-0.05, 0) is 25.8 Å². The van der Waals surface area contributed by atoms with Gasteiger partial charge >= 0.3 is 0 Å². The van der Waals surface area contributed by atoms with E-state index in [1.54, 1.807) is 33.3 Å². The molecule has 1 fully saturated rings. The minimum Gasteiger partial charge on any atom is -0.331 e. The maximum Gasteiger partial charge on any atom is 0.241 e. The summed E-state index contributed by atoms with van der Waals surface area (Å²) in [5, 5.41) is 0. The minimum absolute atomic E-state index is 0.0617. The van der Waals surface area contributed by atoms with Crippen molar-refractivity contribution in [1.82, 2.24) is 4.90 Å². The Labute approximate surface area is 157 Å². The lowest BCUT2D eigenvalue weighted by molar-refractivity contribution is -0.131. The maximum absolute atomic E-state index is 12.5. The molecule has 4 nitrogen and oxygen atoms in total. The number of benzene rings is 1. The molecule has 0 bridgehead atoms. The molecule has 0 saturated carbocycles. The van der Waals surface area contributed by atoms with Crippen LogP contribution >= 0.6 is 33.3 Å². The first kappa shape index (κ1) is 20.0. The molecule has 1 saturated heterocycles. The van der Waals surface area contributed by atoms with Crippen LogP contribution in [-0.4, -0.2) is 51.6 Å². The first-order chi connectivity index (χ1) is 11.4. The van der Waals surface area contributed by atoms with E-state index in [-0.39, 0.29) is 16.7 Å². The Bertz CT molecular complexity index is 521. The Kier molecular flexibility index (Phi) is 7.81. The van der Waals surface area contributed by atoms with Gasteiger partial charge in [0.05, 0.1) is 11.9 Å². The van der Waals surface area contributed by atoms with Crippen molar-refractivity contribution in [3.05, 3.63) is 35.9 Å². The van der Waals surface area contributed by atoms with E-state index in [0.717, 1.165) is 30.3 Å². The lowest BCUT2D eigenvalue weighted by Crippen LogP contribution is -2.52. The second-order valence-corrected chi connectivity index (χ2v) is 10.6. The van der Waals surface area contributed by atoms with Gasteiger partial charge < -0.3 is 16.4 Å². The van der Waals surface area contributed by atoms with Crippen LogP contribution in [0, 0.1) is 0 Å². The van der Waals surface area contributed by atoms with E-state index in [9.17, 15) is 4.79 Å². The van der Waals surface area contributed by atoms with Crippen LogP contribution in [0.4, 0.5) is 0 Å². The molecule has 2 rings (SSSR count). The average Bonchev–Trinajstić information content (AvgIpc) is 3.08. The highest BCUT2D eigenvalue weighted by Crippen LogP contribution is 2.38. The highest BCUT2D eigenvalue weighted by Gasteiger charge is 2.36. The molecule has 0 aromatic heterocycles. The highest BCUT2D eigenvalue weighted by atomic mass is 33.1. The molecule has 24 heavy (non-hydrogen) atoms. The monoisotopic (exact) mass is 385 g/mol. The Balaban J connectivity index is 1.75. The van der Waals surface area contributed by atoms with Gasteiger partial charge in [-0.1, -0.05) is 51.9 Å². The van der Waals surface area contributed by atoms with E-state index in [2.05, 4.69) is 12.1 Å². The molecule has 2 atom stereocenters. The molecule has 0 spiro atoms. The topological polar surface area (TPSA) is 72.3 Å². The van der Waals surface area contributed by atoms with E-state index >= 15 is 0 Å². The van der Waals surface area contributed by atoms with E-state index in [1.165, 1.54) is 5.56 Å². The van der Waals surface area contributed by atoms with Gasteiger partial charge in [-0.2, -0.15) is 0 Å². The maximum atomic E-state index is 12.5. The van der Waals surface area contributed by atoms with Gasteiger partial charge in [-0.15, -0.1) is 11.8 Å². The van der Waals surface area contributed by atoms with Crippen molar-refractivity contribution < 1.29 is 4.79 Å². The third kappa shape index (κ3) is 5.88. The van der Waals surface area contributed by atoms with Gasteiger partial charge in [-0.3, -0.25) is 4.79 Å². The Hall–Kier alpha value is -0.340. The number of hydrogen-bond donors (Lipinski definition) is 2. The van der Waals surface area contributed by atoms with Crippen LogP contribution in [0.2, 0.25) is 0 Å². The number of hydrogen-bond acceptors (Lipinski definition) is 6. The summed E-state index contributed by atoms with van der Waals surface area (Å²) in [5.41, 5.74) is 13.7. The number of carbonyl (C=O) groups excluding carboxylic acids is 1. The standard InChI is InChI=1S/C17H27N3OS3/c1-17(2,15(19)16(21)20-8-9-22-12-20)24-23-11-14(18)10-13-6-4-3-5-7-13/h3-7,14-15H,8-12,18-19H2,1-2H3. The molecular formula is C17H27N3OS3. The Morgan fingerprint density at radius 2 is 2.04 bits per heavy atom.